The third-order valence-corrected chi connectivity index (χ3v) is 10.6. The molecule has 0 saturated carbocycles. The largest absolute Gasteiger partial charge is 0.444 e. The molecule has 2 unspecified atom stereocenters. The highest BCUT2D eigenvalue weighted by Gasteiger charge is 2.39. The Morgan fingerprint density at radius 1 is 0.679 bits per heavy atom. The summed E-state index contributed by atoms with van der Waals surface area (Å²) in [5.41, 5.74) is -0.508. The second-order valence-electron chi connectivity index (χ2n) is 17.5. The molecular weight excluding hydrogens is 695 g/mol. The second kappa shape index (κ2) is 35.1. The predicted octanol–water partition coefficient (Wildman–Crippen LogP) is 15.4. The average Bonchev–Trinajstić information content (AvgIpc) is 3.55. The van der Waals surface area contributed by atoms with Crippen LogP contribution in [0.3, 0.4) is 0 Å². The number of allylic oxidation sites excluding steroid dienone is 8. The molecule has 1 aliphatic rings. The Morgan fingerprint density at radius 2 is 1.11 bits per heavy atom. The molecule has 0 radical (unpaired) electrons. The number of amides is 1. The summed E-state index contributed by atoms with van der Waals surface area (Å²) >= 11 is 0. The average molecular weight is 786 g/mol. The summed E-state index contributed by atoms with van der Waals surface area (Å²) in [6.45, 7) is 13.8. The van der Waals surface area contributed by atoms with Crippen LogP contribution in [0.1, 0.15) is 215 Å². The molecule has 1 saturated heterocycles. The molecule has 2 atom stereocenters. The van der Waals surface area contributed by atoms with Gasteiger partial charge in [-0.2, -0.15) is 0 Å². The lowest BCUT2D eigenvalue weighted by Gasteiger charge is -2.27. The van der Waals surface area contributed by atoms with E-state index in [-0.39, 0.29) is 12.2 Å². The van der Waals surface area contributed by atoms with Crippen molar-refractivity contribution in [3.8, 4) is 0 Å². The van der Waals surface area contributed by atoms with Gasteiger partial charge in [0.25, 0.3) is 5.97 Å². The van der Waals surface area contributed by atoms with Gasteiger partial charge >= 0.3 is 6.09 Å². The van der Waals surface area contributed by atoms with Crippen molar-refractivity contribution in [1.29, 1.82) is 0 Å². The fourth-order valence-corrected chi connectivity index (χ4v) is 7.02. The van der Waals surface area contributed by atoms with E-state index in [1.165, 1.54) is 154 Å². The normalized spacial score (nSPS) is 17.9. The van der Waals surface area contributed by atoms with Gasteiger partial charge in [-0.3, -0.25) is 0 Å². The summed E-state index contributed by atoms with van der Waals surface area (Å²) in [6, 6.07) is 0. The number of carbonyl (C=O) groups is 1. The highest BCUT2D eigenvalue weighted by Crippen LogP contribution is 2.29. The lowest BCUT2D eigenvalue weighted by Crippen LogP contribution is -2.36. The topological polar surface area (TPSA) is 57.2 Å². The van der Waals surface area contributed by atoms with Crippen LogP contribution in [0.2, 0.25) is 0 Å². The zero-order valence-corrected chi connectivity index (χ0v) is 38.0. The van der Waals surface area contributed by atoms with Gasteiger partial charge in [0, 0.05) is 20.5 Å². The van der Waals surface area contributed by atoms with Crippen LogP contribution in [0.5, 0.6) is 0 Å². The summed E-state index contributed by atoms with van der Waals surface area (Å²) in [6.07, 6.45) is 52.1. The molecule has 6 heteroatoms. The smallest absolute Gasteiger partial charge is 0.410 e. The van der Waals surface area contributed by atoms with Crippen LogP contribution >= 0.6 is 0 Å². The van der Waals surface area contributed by atoms with Crippen LogP contribution in [-0.2, 0) is 18.9 Å². The molecule has 1 amide bonds. The van der Waals surface area contributed by atoms with Gasteiger partial charge < -0.3 is 23.8 Å². The van der Waals surface area contributed by atoms with Crippen molar-refractivity contribution < 1.29 is 23.7 Å². The molecule has 326 valence electrons. The standard InChI is InChI=1S/C50H91NO5/c1-8-10-12-14-16-18-20-22-24-26-28-30-32-34-36-38-40-46(41-39-37-35-33-31-29-27-25-23-21-19-17-15-13-11-9-2)44-53-50(6)54-45-47(55-50)42-43-51(7)48(52)56-49(3,4)5/h16-19,22-25,46-47H,8-15,20-21,26-45H2,1-7H3/b18-16-,19-17-,24-22-,25-23-. The molecule has 1 fully saturated rings. The molecule has 0 aromatic rings. The molecule has 0 aliphatic carbocycles. The van der Waals surface area contributed by atoms with Gasteiger partial charge in [-0.05, 0) is 110 Å². The lowest BCUT2D eigenvalue weighted by atomic mass is 9.94. The van der Waals surface area contributed by atoms with Gasteiger partial charge in [0.2, 0.25) is 0 Å². The first-order valence-electron chi connectivity index (χ1n) is 23.6. The molecule has 0 N–H and O–H groups in total. The maximum Gasteiger partial charge on any atom is 0.410 e. The summed E-state index contributed by atoms with van der Waals surface area (Å²) in [4.78, 5) is 14.0. The van der Waals surface area contributed by atoms with Crippen molar-refractivity contribution in [2.45, 2.75) is 233 Å². The number of nitrogens with zero attached hydrogens (tertiary/aromatic N) is 1. The van der Waals surface area contributed by atoms with E-state index in [1.54, 1.807) is 11.9 Å². The van der Waals surface area contributed by atoms with Crippen molar-refractivity contribution in [3.63, 3.8) is 0 Å². The first-order chi connectivity index (χ1) is 27.1. The minimum Gasteiger partial charge on any atom is -0.444 e. The fourth-order valence-electron chi connectivity index (χ4n) is 7.02. The maximum atomic E-state index is 12.4. The monoisotopic (exact) mass is 786 g/mol. The van der Waals surface area contributed by atoms with E-state index in [4.69, 9.17) is 18.9 Å². The fraction of sp³-hybridized carbons (Fsp3) is 0.820. The molecule has 0 aromatic heterocycles. The zero-order valence-electron chi connectivity index (χ0n) is 38.0. The predicted molar refractivity (Wildman–Crippen MR) is 240 cm³/mol. The van der Waals surface area contributed by atoms with Crippen molar-refractivity contribution in [2.24, 2.45) is 5.92 Å². The van der Waals surface area contributed by atoms with Crippen LogP contribution in [0.15, 0.2) is 48.6 Å². The van der Waals surface area contributed by atoms with Crippen LogP contribution < -0.4 is 0 Å². The van der Waals surface area contributed by atoms with E-state index in [1.807, 2.05) is 27.7 Å². The van der Waals surface area contributed by atoms with Gasteiger partial charge in [-0.25, -0.2) is 4.79 Å². The molecule has 1 aliphatic heterocycles. The Hall–Kier alpha value is -1.89. The molecule has 56 heavy (non-hydrogen) atoms. The number of carbonyl (C=O) groups excluding carboxylic acids is 1. The Morgan fingerprint density at radius 3 is 1.55 bits per heavy atom. The van der Waals surface area contributed by atoms with Crippen LogP contribution in [0, 0.1) is 5.92 Å². The number of rotatable bonds is 36. The Kier molecular flexibility index (Phi) is 32.7. The van der Waals surface area contributed by atoms with E-state index in [2.05, 4.69) is 62.5 Å². The molecule has 1 rings (SSSR count). The summed E-state index contributed by atoms with van der Waals surface area (Å²) in [7, 11) is 1.77. The minimum absolute atomic E-state index is 0.108. The van der Waals surface area contributed by atoms with Gasteiger partial charge in [0.15, 0.2) is 0 Å². The third kappa shape index (κ3) is 32.1. The quantitative estimate of drug-likeness (QED) is 0.0468. The Bertz CT molecular complexity index is 981. The van der Waals surface area contributed by atoms with Crippen molar-refractivity contribution in [1.82, 2.24) is 4.90 Å². The number of hydrogen-bond donors (Lipinski definition) is 0. The van der Waals surface area contributed by atoms with E-state index in [9.17, 15) is 4.79 Å². The molecule has 0 aromatic carbocycles. The van der Waals surface area contributed by atoms with Gasteiger partial charge in [-0.15, -0.1) is 0 Å². The Labute approximate surface area is 347 Å². The molecular formula is C50H91NO5. The zero-order chi connectivity index (χ0) is 41.0. The van der Waals surface area contributed by atoms with E-state index in [0.717, 1.165) is 12.8 Å². The van der Waals surface area contributed by atoms with Crippen LogP contribution in [-0.4, -0.2) is 55.5 Å². The summed E-state index contributed by atoms with van der Waals surface area (Å²) in [5, 5.41) is 0. The van der Waals surface area contributed by atoms with Crippen molar-refractivity contribution in [3.05, 3.63) is 48.6 Å². The van der Waals surface area contributed by atoms with E-state index >= 15 is 0 Å². The molecule has 0 bridgehead atoms. The van der Waals surface area contributed by atoms with E-state index in [0.29, 0.717) is 32.1 Å². The van der Waals surface area contributed by atoms with Crippen LogP contribution in [0.25, 0.3) is 0 Å². The third-order valence-electron chi connectivity index (χ3n) is 10.6. The Balaban J connectivity index is 2.37. The molecule has 6 nitrogen and oxygen atoms in total. The number of unbranched alkanes of at least 4 members (excludes halogenated alkanes) is 18. The first-order valence-corrected chi connectivity index (χ1v) is 23.6. The SMILES string of the molecule is CCCCC/C=C\C/C=C\CCCCCCCCC(CCCCCCCC/C=C\C/C=C\CCCCC)COC1(C)OCC(CCN(C)C(=O)OC(C)(C)C)O1. The van der Waals surface area contributed by atoms with E-state index < -0.39 is 11.6 Å². The second-order valence-corrected chi connectivity index (χ2v) is 17.5. The van der Waals surface area contributed by atoms with Crippen LogP contribution in [0.4, 0.5) is 4.79 Å². The van der Waals surface area contributed by atoms with Gasteiger partial charge in [0.05, 0.1) is 19.3 Å². The highest BCUT2D eigenvalue weighted by molar-refractivity contribution is 5.67. The van der Waals surface area contributed by atoms with Gasteiger partial charge in [-0.1, -0.05) is 152 Å². The highest BCUT2D eigenvalue weighted by atomic mass is 16.9. The lowest BCUT2D eigenvalue weighted by molar-refractivity contribution is -0.329. The van der Waals surface area contributed by atoms with Crippen molar-refractivity contribution in [2.75, 3.05) is 26.8 Å². The minimum atomic E-state index is -1.02. The summed E-state index contributed by atoms with van der Waals surface area (Å²) < 4.78 is 24.2. The molecule has 1 heterocycles. The van der Waals surface area contributed by atoms with Gasteiger partial charge in [0.1, 0.15) is 5.60 Å². The number of hydrogen-bond acceptors (Lipinski definition) is 5. The molecule has 0 spiro atoms. The maximum absolute atomic E-state index is 12.4. The summed E-state index contributed by atoms with van der Waals surface area (Å²) in [5.74, 6) is -0.500. The number of ether oxygens (including phenoxy) is 4. The first kappa shape index (κ1) is 52.1. The van der Waals surface area contributed by atoms with Crippen molar-refractivity contribution >= 4 is 6.09 Å².